The normalized spacial score (nSPS) is 23.9. The fourth-order valence-corrected chi connectivity index (χ4v) is 2.98. The summed E-state index contributed by atoms with van der Waals surface area (Å²) in [5.41, 5.74) is 2.22. The Morgan fingerprint density at radius 1 is 1.20 bits per heavy atom. The summed E-state index contributed by atoms with van der Waals surface area (Å²) in [5, 5.41) is 0. The zero-order chi connectivity index (χ0) is 10.7. The molecule has 2 aliphatic carbocycles. The van der Waals surface area contributed by atoms with Gasteiger partial charge in [0.05, 0.1) is 0 Å². The molecule has 0 heterocycles. The molecule has 1 aromatic carbocycles. The zero-order valence-electron chi connectivity index (χ0n) is 9.18. The second kappa shape index (κ2) is 2.52. The molecule has 1 heteroatoms. The average Bonchev–Trinajstić information content (AvgIpc) is 2.94. The van der Waals surface area contributed by atoms with Crippen LogP contribution in [0.1, 0.15) is 37.8 Å². The molecule has 1 aromatic rings. The van der Waals surface area contributed by atoms with Gasteiger partial charge < -0.3 is 0 Å². The van der Waals surface area contributed by atoms with Gasteiger partial charge in [0.2, 0.25) is 0 Å². The molecule has 0 bridgehead atoms. The van der Waals surface area contributed by atoms with Gasteiger partial charge in [-0.05, 0) is 29.9 Å². The van der Waals surface area contributed by atoms with Crippen molar-refractivity contribution in [3.05, 3.63) is 41.2 Å². The molecular weight excluding hydrogens is 187 g/mol. The summed E-state index contributed by atoms with van der Waals surface area (Å²) in [6.07, 6.45) is 6.56. The number of benzene rings is 1. The van der Waals surface area contributed by atoms with Crippen LogP contribution >= 0.6 is 0 Å². The van der Waals surface area contributed by atoms with Crippen LogP contribution in [0.4, 0.5) is 4.39 Å². The number of rotatable bonds is 0. The smallest absolute Gasteiger partial charge is 0.127 e. The van der Waals surface area contributed by atoms with Gasteiger partial charge in [0, 0.05) is 11.0 Å². The van der Waals surface area contributed by atoms with Crippen molar-refractivity contribution in [2.75, 3.05) is 0 Å². The molecule has 2 aliphatic rings. The van der Waals surface area contributed by atoms with E-state index in [1.54, 1.807) is 12.1 Å². The molecule has 78 valence electrons. The molecule has 3 rings (SSSR count). The Balaban J connectivity index is 2.30. The van der Waals surface area contributed by atoms with E-state index in [1.807, 2.05) is 6.07 Å². The quantitative estimate of drug-likeness (QED) is 0.598. The molecule has 0 amide bonds. The predicted molar refractivity (Wildman–Crippen MR) is 60.1 cm³/mol. The van der Waals surface area contributed by atoms with Crippen molar-refractivity contribution < 1.29 is 4.39 Å². The van der Waals surface area contributed by atoms with E-state index >= 15 is 0 Å². The second-order valence-corrected chi connectivity index (χ2v) is 5.34. The fourth-order valence-electron chi connectivity index (χ4n) is 2.98. The Hall–Kier alpha value is -1.11. The molecule has 1 saturated carbocycles. The van der Waals surface area contributed by atoms with Crippen LogP contribution in [0, 0.1) is 11.2 Å². The van der Waals surface area contributed by atoms with Gasteiger partial charge in [0.25, 0.3) is 0 Å². The molecule has 0 saturated heterocycles. The molecule has 0 aliphatic heterocycles. The Morgan fingerprint density at radius 3 is 2.60 bits per heavy atom. The monoisotopic (exact) mass is 202 g/mol. The molecule has 0 nitrogen and oxygen atoms in total. The van der Waals surface area contributed by atoms with Crippen molar-refractivity contribution in [1.29, 1.82) is 0 Å². The minimum absolute atomic E-state index is 0.0255. The molecule has 0 aromatic heterocycles. The van der Waals surface area contributed by atoms with Crippen LogP contribution < -0.4 is 0 Å². The van der Waals surface area contributed by atoms with E-state index in [9.17, 15) is 4.39 Å². The van der Waals surface area contributed by atoms with E-state index < -0.39 is 0 Å². The van der Waals surface area contributed by atoms with Gasteiger partial charge in [-0.25, -0.2) is 4.39 Å². The van der Waals surface area contributed by atoms with Gasteiger partial charge in [0.1, 0.15) is 5.82 Å². The Bertz CT molecular complexity index is 450. The summed E-state index contributed by atoms with van der Waals surface area (Å²) in [7, 11) is 0. The van der Waals surface area contributed by atoms with E-state index in [0.29, 0.717) is 0 Å². The van der Waals surface area contributed by atoms with Gasteiger partial charge in [-0.15, -0.1) is 0 Å². The van der Waals surface area contributed by atoms with Crippen LogP contribution in [0.5, 0.6) is 0 Å². The lowest BCUT2D eigenvalue weighted by atomic mass is 9.67. The average molecular weight is 202 g/mol. The number of hydrogen-bond donors (Lipinski definition) is 0. The first-order valence-corrected chi connectivity index (χ1v) is 5.55. The first kappa shape index (κ1) is 9.14. The van der Waals surface area contributed by atoms with E-state index in [1.165, 1.54) is 0 Å². The highest BCUT2D eigenvalue weighted by molar-refractivity contribution is 5.63. The first-order valence-electron chi connectivity index (χ1n) is 5.55. The van der Waals surface area contributed by atoms with Crippen molar-refractivity contribution in [2.45, 2.75) is 32.1 Å². The number of allylic oxidation sites excluding steroid dienone is 1. The van der Waals surface area contributed by atoms with Gasteiger partial charge in [0.15, 0.2) is 0 Å². The van der Waals surface area contributed by atoms with Crippen LogP contribution in [0.25, 0.3) is 6.08 Å². The molecule has 0 radical (unpaired) electrons. The standard InChI is InChI=1S/C14H15F/c1-13(2)7-6-10-4-3-5-11(15)12(10)14(13)8-9-14/h3-7H,8-9H2,1-2H3. The number of fused-ring (bicyclic) bond motifs is 2. The third-order valence-electron chi connectivity index (χ3n) is 4.19. The van der Waals surface area contributed by atoms with Crippen molar-refractivity contribution in [1.82, 2.24) is 0 Å². The topological polar surface area (TPSA) is 0 Å². The summed E-state index contributed by atoms with van der Waals surface area (Å²) >= 11 is 0. The van der Waals surface area contributed by atoms with Gasteiger partial charge in [-0.3, -0.25) is 0 Å². The highest BCUT2D eigenvalue weighted by Gasteiger charge is 2.57. The lowest BCUT2D eigenvalue weighted by Crippen LogP contribution is -2.31. The van der Waals surface area contributed by atoms with Crippen LogP contribution in [0.2, 0.25) is 0 Å². The molecule has 0 atom stereocenters. The van der Waals surface area contributed by atoms with Crippen LogP contribution in [0.3, 0.4) is 0 Å². The Kier molecular flexibility index (Phi) is 1.54. The largest absolute Gasteiger partial charge is 0.207 e. The second-order valence-electron chi connectivity index (χ2n) is 5.34. The van der Waals surface area contributed by atoms with Crippen molar-refractivity contribution in [2.24, 2.45) is 5.41 Å². The maximum Gasteiger partial charge on any atom is 0.127 e. The number of halogens is 1. The maximum atomic E-state index is 13.9. The van der Waals surface area contributed by atoms with Gasteiger partial charge in [-0.1, -0.05) is 38.1 Å². The minimum Gasteiger partial charge on any atom is -0.207 e. The summed E-state index contributed by atoms with van der Waals surface area (Å²) in [6, 6.07) is 5.41. The molecule has 15 heavy (non-hydrogen) atoms. The fraction of sp³-hybridized carbons (Fsp3) is 0.429. The molecule has 0 N–H and O–H groups in total. The summed E-state index contributed by atoms with van der Waals surface area (Å²) < 4.78 is 13.9. The summed E-state index contributed by atoms with van der Waals surface area (Å²) in [6.45, 7) is 4.43. The van der Waals surface area contributed by atoms with Crippen LogP contribution in [-0.4, -0.2) is 0 Å². The van der Waals surface area contributed by atoms with E-state index in [-0.39, 0.29) is 16.6 Å². The summed E-state index contributed by atoms with van der Waals surface area (Å²) in [5.74, 6) is -0.0255. The maximum absolute atomic E-state index is 13.9. The molecule has 1 spiro atoms. The SMILES string of the molecule is CC1(C)C=Cc2cccc(F)c2C12CC2. The molecule has 1 fully saturated rings. The summed E-state index contributed by atoms with van der Waals surface area (Å²) in [4.78, 5) is 0. The van der Waals surface area contributed by atoms with Crippen molar-refractivity contribution in [3.8, 4) is 0 Å². The lowest BCUT2D eigenvalue weighted by Gasteiger charge is -2.37. The predicted octanol–water partition coefficient (Wildman–Crippen LogP) is 3.91. The van der Waals surface area contributed by atoms with E-state index in [2.05, 4.69) is 26.0 Å². The third-order valence-corrected chi connectivity index (χ3v) is 4.19. The van der Waals surface area contributed by atoms with Crippen LogP contribution in [0.15, 0.2) is 24.3 Å². The number of hydrogen-bond acceptors (Lipinski definition) is 0. The Labute approximate surface area is 89.8 Å². The molecule has 0 unspecified atom stereocenters. The third kappa shape index (κ3) is 1.01. The lowest BCUT2D eigenvalue weighted by molar-refractivity contribution is 0.336. The van der Waals surface area contributed by atoms with Gasteiger partial charge >= 0.3 is 0 Å². The Morgan fingerprint density at radius 2 is 1.93 bits per heavy atom. The van der Waals surface area contributed by atoms with Gasteiger partial charge in [-0.2, -0.15) is 0 Å². The highest BCUT2D eigenvalue weighted by Crippen LogP contribution is 2.63. The van der Waals surface area contributed by atoms with Crippen molar-refractivity contribution in [3.63, 3.8) is 0 Å². The highest BCUT2D eigenvalue weighted by atomic mass is 19.1. The van der Waals surface area contributed by atoms with E-state index in [4.69, 9.17) is 0 Å². The van der Waals surface area contributed by atoms with E-state index in [0.717, 1.165) is 24.0 Å². The van der Waals surface area contributed by atoms with Crippen LogP contribution in [-0.2, 0) is 5.41 Å². The van der Waals surface area contributed by atoms with Crippen molar-refractivity contribution >= 4 is 6.08 Å². The minimum atomic E-state index is -0.0255. The zero-order valence-corrected chi connectivity index (χ0v) is 9.18. The molecular formula is C14H15F. The first-order chi connectivity index (χ1) is 7.07.